The second kappa shape index (κ2) is 2.72. The number of fused-ring (bicyclic) bond motifs is 1. The van der Waals surface area contributed by atoms with Crippen molar-refractivity contribution in [3.8, 4) is 0 Å². The summed E-state index contributed by atoms with van der Waals surface area (Å²) in [6, 6.07) is 0.573. The van der Waals surface area contributed by atoms with Crippen molar-refractivity contribution in [2.75, 3.05) is 0 Å². The zero-order valence-corrected chi connectivity index (χ0v) is 10.8. The molecule has 0 saturated heterocycles. The molecule has 4 nitrogen and oxygen atoms in total. The molecule has 4 fully saturated rings. The Bertz CT molecular complexity index is 667. The Labute approximate surface area is 109 Å². The first-order valence-electron chi connectivity index (χ1n) is 6.52. The second-order valence-corrected chi connectivity index (χ2v) is 6.76. The third-order valence-electron chi connectivity index (χ3n) is 5.49. The molecular weight excluding hydrogens is 248 g/mol. The Kier molecular flexibility index (Phi) is 1.47. The van der Waals surface area contributed by atoms with E-state index in [4.69, 9.17) is 11.6 Å². The second-order valence-electron chi connectivity index (χ2n) is 6.40. The molecule has 3 unspecified atom stereocenters. The Morgan fingerprint density at radius 3 is 2.72 bits per heavy atom. The summed E-state index contributed by atoms with van der Waals surface area (Å²) in [5.74, 6) is 2.80. The molecule has 2 aromatic rings. The minimum atomic E-state index is 0.449. The molecule has 4 aliphatic rings. The van der Waals surface area contributed by atoms with Crippen LogP contribution in [0.3, 0.4) is 0 Å². The first-order valence-corrected chi connectivity index (χ1v) is 6.90. The summed E-state index contributed by atoms with van der Waals surface area (Å²) in [5, 5.41) is 0.460. The van der Waals surface area contributed by atoms with Crippen LogP contribution in [0.4, 0.5) is 0 Å². The van der Waals surface area contributed by atoms with Crippen molar-refractivity contribution in [1.82, 2.24) is 19.5 Å². The zero-order chi connectivity index (χ0) is 12.1. The van der Waals surface area contributed by atoms with E-state index in [9.17, 15) is 0 Å². The number of halogens is 1. The Hall–Kier alpha value is -1.16. The molecule has 92 valence electrons. The van der Waals surface area contributed by atoms with Gasteiger partial charge in [0.05, 0.1) is 6.33 Å². The first kappa shape index (κ1) is 9.73. The first-order chi connectivity index (χ1) is 8.69. The van der Waals surface area contributed by atoms with E-state index in [1.165, 1.54) is 19.2 Å². The highest BCUT2D eigenvalue weighted by Gasteiger charge is 2.74. The van der Waals surface area contributed by atoms with Gasteiger partial charge in [-0.15, -0.1) is 0 Å². The van der Waals surface area contributed by atoms with Crippen molar-refractivity contribution in [3.05, 3.63) is 17.8 Å². The van der Waals surface area contributed by atoms with Gasteiger partial charge in [0.25, 0.3) is 0 Å². The number of rotatable bonds is 1. The van der Waals surface area contributed by atoms with Crippen molar-refractivity contribution in [3.63, 3.8) is 0 Å². The Morgan fingerprint density at radius 1 is 1.28 bits per heavy atom. The van der Waals surface area contributed by atoms with Crippen molar-refractivity contribution >= 4 is 22.8 Å². The molecular formula is C13H13ClN4. The number of imidazole rings is 1. The molecule has 18 heavy (non-hydrogen) atoms. The van der Waals surface area contributed by atoms with Crippen LogP contribution < -0.4 is 0 Å². The highest BCUT2D eigenvalue weighted by atomic mass is 35.5. The van der Waals surface area contributed by atoms with Gasteiger partial charge in [-0.1, -0.05) is 18.5 Å². The highest BCUT2D eigenvalue weighted by Crippen LogP contribution is 2.80. The average Bonchev–Trinajstić information content (AvgIpc) is 2.78. The van der Waals surface area contributed by atoms with E-state index in [1.807, 2.05) is 6.33 Å². The summed E-state index contributed by atoms with van der Waals surface area (Å²) >= 11 is 6.08. The molecule has 5 atom stereocenters. The normalized spacial score (nSPS) is 43.9. The predicted octanol–water partition coefficient (Wildman–Crippen LogP) is 2.70. The van der Waals surface area contributed by atoms with E-state index in [2.05, 4.69) is 26.4 Å². The summed E-state index contributed by atoms with van der Waals surface area (Å²) in [4.78, 5) is 12.8. The van der Waals surface area contributed by atoms with Crippen LogP contribution in [0, 0.1) is 23.2 Å². The summed E-state index contributed by atoms with van der Waals surface area (Å²) in [5.41, 5.74) is 2.09. The van der Waals surface area contributed by atoms with Gasteiger partial charge in [-0.05, 0) is 36.0 Å². The van der Waals surface area contributed by atoms with Crippen LogP contribution in [0.5, 0.6) is 0 Å². The monoisotopic (exact) mass is 260 g/mol. The minimum absolute atomic E-state index is 0.449. The number of hydrogen-bond donors (Lipinski definition) is 0. The van der Waals surface area contributed by atoms with Crippen LogP contribution in [-0.4, -0.2) is 19.5 Å². The maximum atomic E-state index is 6.08. The lowest BCUT2D eigenvalue weighted by atomic mass is 9.87. The van der Waals surface area contributed by atoms with Crippen LogP contribution in [0.2, 0.25) is 5.15 Å². The molecule has 0 spiro atoms. The van der Waals surface area contributed by atoms with E-state index in [0.29, 0.717) is 16.6 Å². The summed E-state index contributed by atoms with van der Waals surface area (Å²) < 4.78 is 2.26. The third-order valence-corrected chi connectivity index (χ3v) is 5.77. The molecule has 2 aromatic heterocycles. The smallest absolute Gasteiger partial charge is 0.165 e. The van der Waals surface area contributed by atoms with E-state index >= 15 is 0 Å². The molecule has 0 N–H and O–H groups in total. The van der Waals surface area contributed by atoms with Crippen molar-refractivity contribution in [1.29, 1.82) is 0 Å². The maximum Gasteiger partial charge on any atom is 0.165 e. The van der Waals surface area contributed by atoms with Crippen molar-refractivity contribution in [2.45, 2.75) is 25.8 Å². The fourth-order valence-corrected chi connectivity index (χ4v) is 5.11. The van der Waals surface area contributed by atoms with Gasteiger partial charge in [-0.25, -0.2) is 15.0 Å². The Balaban J connectivity index is 1.74. The lowest BCUT2D eigenvalue weighted by Crippen LogP contribution is -2.21. The maximum absolute atomic E-state index is 6.08. The van der Waals surface area contributed by atoms with Gasteiger partial charge in [0, 0.05) is 6.04 Å². The number of aromatic nitrogens is 4. The molecule has 4 bridgehead atoms. The quantitative estimate of drug-likeness (QED) is 0.741. The summed E-state index contributed by atoms with van der Waals surface area (Å²) in [7, 11) is 0. The standard InChI is InChI=1S/C13H13ClN4/c1-13-2-6-7(3-13)8(6)10(13)18-5-17-9-11(14)15-4-16-12(9)18/h4-8,10H,2-3H2,1H3/t6-,7?,8?,10+,13?/m1/s1. The van der Waals surface area contributed by atoms with Crippen LogP contribution in [0.1, 0.15) is 25.8 Å². The molecule has 5 heteroatoms. The van der Waals surface area contributed by atoms with Gasteiger partial charge in [0.1, 0.15) is 11.8 Å². The summed E-state index contributed by atoms with van der Waals surface area (Å²) in [6.45, 7) is 2.42. The van der Waals surface area contributed by atoms with Gasteiger partial charge in [0.2, 0.25) is 0 Å². The SMILES string of the molecule is CC12CC3C([C@@H]3C1)[C@@H]2n1cnc2c(Cl)ncnc21. The molecule has 0 radical (unpaired) electrons. The fourth-order valence-electron chi connectivity index (χ4n) is 4.93. The summed E-state index contributed by atoms with van der Waals surface area (Å²) in [6.07, 6.45) is 6.21. The molecule has 2 heterocycles. The molecule has 0 amide bonds. The van der Waals surface area contributed by atoms with Crippen LogP contribution >= 0.6 is 11.6 Å². The fraction of sp³-hybridized carbons (Fsp3) is 0.615. The van der Waals surface area contributed by atoms with E-state index in [-0.39, 0.29) is 0 Å². The van der Waals surface area contributed by atoms with Gasteiger partial charge in [0.15, 0.2) is 10.8 Å². The molecule has 0 aromatic carbocycles. The van der Waals surface area contributed by atoms with Crippen molar-refractivity contribution < 1.29 is 0 Å². The van der Waals surface area contributed by atoms with E-state index in [1.54, 1.807) is 0 Å². The van der Waals surface area contributed by atoms with Gasteiger partial charge < -0.3 is 4.57 Å². The molecule has 6 rings (SSSR count). The average molecular weight is 261 g/mol. The largest absolute Gasteiger partial charge is 0.311 e. The van der Waals surface area contributed by atoms with Gasteiger partial charge in [-0.3, -0.25) is 0 Å². The van der Waals surface area contributed by atoms with Crippen LogP contribution in [0.15, 0.2) is 12.7 Å². The Morgan fingerprint density at radius 2 is 2.06 bits per heavy atom. The molecule has 0 aliphatic heterocycles. The molecule has 4 saturated carbocycles. The number of hydrogen-bond acceptors (Lipinski definition) is 3. The molecule has 4 aliphatic carbocycles. The van der Waals surface area contributed by atoms with Crippen molar-refractivity contribution in [2.24, 2.45) is 23.2 Å². The van der Waals surface area contributed by atoms with E-state index < -0.39 is 0 Å². The van der Waals surface area contributed by atoms with Gasteiger partial charge in [-0.2, -0.15) is 0 Å². The topological polar surface area (TPSA) is 43.6 Å². The zero-order valence-electron chi connectivity index (χ0n) is 10.0. The van der Waals surface area contributed by atoms with Gasteiger partial charge >= 0.3 is 0 Å². The van der Waals surface area contributed by atoms with E-state index in [0.717, 1.165) is 28.9 Å². The third kappa shape index (κ3) is 0.912. The minimum Gasteiger partial charge on any atom is -0.311 e. The van der Waals surface area contributed by atoms with Crippen LogP contribution in [0.25, 0.3) is 11.2 Å². The predicted molar refractivity (Wildman–Crippen MR) is 67.2 cm³/mol. The van der Waals surface area contributed by atoms with Crippen LogP contribution in [-0.2, 0) is 0 Å². The number of nitrogens with zero attached hydrogens (tertiary/aromatic N) is 4. The lowest BCUT2D eigenvalue weighted by Gasteiger charge is -2.27. The lowest BCUT2D eigenvalue weighted by molar-refractivity contribution is 0.261. The highest BCUT2D eigenvalue weighted by molar-refractivity contribution is 6.33.